The number of benzene rings is 1. The predicted octanol–water partition coefficient (Wildman–Crippen LogP) is 3.42. The minimum atomic E-state index is -0.710. The van der Waals surface area contributed by atoms with Crippen molar-refractivity contribution in [3.63, 3.8) is 0 Å². The van der Waals surface area contributed by atoms with E-state index < -0.39 is 5.82 Å². The summed E-state index contributed by atoms with van der Waals surface area (Å²) in [4.78, 5) is 17.5. The van der Waals surface area contributed by atoms with Crippen molar-refractivity contribution in [3.05, 3.63) is 53.1 Å². The summed E-state index contributed by atoms with van der Waals surface area (Å²) in [5.41, 5.74) is 0.527. The van der Waals surface area contributed by atoms with Gasteiger partial charge in [-0.2, -0.15) is 4.99 Å². The third-order valence-corrected chi connectivity index (χ3v) is 2.56. The summed E-state index contributed by atoms with van der Waals surface area (Å²) in [6, 6.07) is 7.66. The Morgan fingerprint density at radius 2 is 2.26 bits per heavy atom. The smallest absolute Gasteiger partial charge is 0.240 e. The number of hydrogen-bond donors (Lipinski definition) is 0. The van der Waals surface area contributed by atoms with E-state index in [1.165, 1.54) is 12.1 Å². The van der Waals surface area contributed by atoms with Gasteiger partial charge in [-0.05, 0) is 18.2 Å². The maximum absolute atomic E-state index is 13.4. The fraction of sp³-hybridized carbons (Fsp3) is 0.0769. The lowest BCUT2D eigenvalue weighted by molar-refractivity contribution is 0.301. The van der Waals surface area contributed by atoms with E-state index in [0.29, 0.717) is 5.69 Å². The summed E-state index contributed by atoms with van der Waals surface area (Å²) in [6.45, 7) is 0.177. The topological polar surface area (TPSA) is 51.5 Å². The van der Waals surface area contributed by atoms with Crippen molar-refractivity contribution in [2.75, 3.05) is 0 Å². The summed E-state index contributed by atoms with van der Waals surface area (Å²) in [5, 5.41) is 0.0956. The number of nitrogens with zero attached hydrogens (tertiary/aromatic N) is 2. The molecule has 6 heteroatoms. The van der Waals surface area contributed by atoms with Gasteiger partial charge in [0.2, 0.25) is 6.08 Å². The molecule has 0 saturated carbocycles. The van der Waals surface area contributed by atoms with Gasteiger partial charge in [0, 0.05) is 12.3 Å². The molecule has 0 unspecified atom stereocenters. The van der Waals surface area contributed by atoms with Gasteiger partial charge in [-0.15, -0.1) is 0 Å². The van der Waals surface area contributed by atoms with E-state index >= 15 is 0 Å². The van der Waals surface area contributed by atoms with E-state index in [4.69, 9.17) is 16.3 Å². The quantitative estimate of drug-likeness (QED) is 0.636. The summed E-state index contributed by atoms with van der Waals surface area (Å²) in [7, 11) is 0. The highest BCUT2D eigenvalue weighted by Crippen LogP contribution is 2.32. The molecular formula is C13H8ClFN2O2. The van der Waals surface area contributed by atoms with Crippen molar-refractivity contribution < 1.29 is 13.9 Å². The molecule has 0 aliphatic rings. The number of ether oxygens (including phenoxy) is 1. The maximum Gasteiger partial charge on any atom is 0.240 e. The second-order valence-electron chi connectivity index (χ2n) is 3.55. The Morgan fingerprint density at radius 1 is 1.42 bits per heavy atom. The Bertz CT molecular complexity index is 628. The van der Waals surface area contributed by atoms with Crippen LogP contribution in [0.4, 0.5) is 10.1 Å². The Balaban J connectivity index is 2.20. The monoisotopic (exact) mass is 278 g/mol. The van der Waals surface area contributed by atoms with Crippen LogP contribution in [0, 0.1) is 5.82 Å². The molecule has 0 aliphatic heterocycles. The number of isocyanates is 1. The van der Waals surface area contributed by atoms with Gasteiger partial charge < -0.3 is 4.74 Å². The Kier molecular flexibility index (Phi) is 4.23. The number of aliphatic imine (C=N–C) groups is 1. The number of aromatic nitrogens is 1. The molecule has 0 bridgehead atoms. The molecule has 2 rings (SSSR count). The van der Waals surface area contributed by atoms with Crippen molar-refractivity contribution in [1.82, 2.24) is 4.98 Å². The molecule has 0 atom stereocenters. The standard InChI is InChI=1S/C13H8ClFN2O2/c14-10-5-11(15)12(17-8-18)6-13(10)19-7-9-3-1-2-4-16-9/h1-6H,7H2. The van der Waals surface area contributed by atoms with E-state index in [0.717, 1.165) is 6.07 Å². The average Bonchev–Trinajstić information content (AvgIpc) is 2.42. The first-order chi connectivity index (χ1) is 9.20. The van der Waals surface area contributed by atoms with Crippen LogP contribution < -0.4 is 4.74 Å². The van der Waals surface area contributed by atoms with E-state index in [2.05, 4.69) is 9.98 Å². The zero-order valence-corrected chi connectivity index (χ0v) is 10.4. The van der Waals surface area contributed by atoms with Crippen LogP contribution in [0.2, 0.25) is 5.02 Å². The predicted molar refractivity (Wildman–Crippen MR) is 67.8 cm³/mol. The molecule has 1 heterocycles. The molecule has 0 radical (unpaired) electrons. The molecule has 96 valence electrons. The van der Waals surface area contributed by atoms with Gasteiger partial charge in [0.1, 0.15) is 18.0 Å². The van der Waals surface area contributed by atoms with Crippen LogP contribution in [0.3, 0.4) is 0 Å². The molecule has 2 aromatic rings. The van der Waals surface area contributed by atoms with Crippen LogP contribution in [0.5, 0.6) is 5.75 Å². The number of hydrogen-bond acceptors (Lipinski definition) is 4. The van der Waals surface area contributed by atoms with Crippen LogP contribution in [-0.2, 0) is 11.4 Å². The lowest BCUT2D eigenvalue weighted by Gasteiger charge is -2.08. The summed E-state index contributed by atoms with van der Waals surface area (Å²) in [5.74, 6) is -0.485. The zero-order valence-electron chi connectivity index (χ0n) is 9.64. The summed E-state index contributed by atoms with van der Waals surface area (Å²) in [6.07, 6.45) is 2.90. The summed E-state index contributed by atoms with van der Waals surface area (Å²) >= 11 is 5.84. The molecule has 1 aromatic heterocycles. The second kappa shape index (κ2) is 6.09. The zero-order chi connectivity index (χ0) is 13.7. The van der Waals surface area contributed by atoms with E-state index in [-0.39, 0.29) is 23.1 Å². The number of rotatable bonds is 4. The molecule has 0 N–H and O–H groups in total. The fourth-order valence-corrected chi connectivity index (χ4v) is 1.60. The van der Waals surface area contributed by atoms with Crippen molar-refractivity contribution in [3.8, 4) is 5.75 Å². The first-order valence-electron chi connectivity index (χ1n) is 5.30. The van der Waals surface area contributed by atoms with Crippen molar-refractivity contribution >= 4 is 23.4 Å². The van der Waals surface area contributed by atoms with Gasteiger partial charge in [0.25, 0.3) is 0 Å². The second-order valence-corrected chi connectivity index (χ2v) is 3.95. The van der Waals surface area contributed by atoms with Crippen LogP contribution in [0.1, 0.15) is 5.69 Å². The first-order valence-corrected chi connectivity index (χ1v) is 5.68. The minimum absolute atomic E-state index is 0.0956. The molecular weight excluding hydrogens is 271 g/mol. The molecule has 0 amide bonds. The molecule has 19 heavy (non-hydrogen) atoms. The van der Waals surface area contributed by atoms with Crippen molar-refractivity contribution in [2.24, 2.45) is 4.99 Å². The molecule has 1 aromatic carbocycles. The third kappa shape index (κ3) is 3.37. The lowest BCUT2D eigenvalue weighted by Crippen LogP contribution is -1.98. The highest BCUT2D eigenvalue weighted by Gasteiger charge is 2.09. The SMILES string of the molecule is O=C=Nc1cc(OCc2ccccn2)c(Cl)cc1F. The van der Waals surface area contributed by atoms with E-state index in [1.807, 2.05) is 6.07 Å². The molecule has 0 fully saturated rings. The average molecular weight is 279 g/mol. The fourth-order valence-electron chi connectivity index (χ4n) is 1.40. The number of carbonyl (C=O) groups excluding carboxylic acids is 1. The maximum atomic E-state index is 13.4. The van der Waals surface area contributed by atoms with Gasteiger partial charge in [0.05, 0.1) is 10.7 Å². The highest BCUT2D eigenvalue weighted by atomic mass is 35.5. The van der Waals surface area contributed by atoms with Gasteiger partial charge in [-0.3, -0.25) is 4.98 Å². The Hall–Kier alpha value is -2.23. The largest absolute Gasteiger partial charge is 0.486 e. The van der Waals surface area contributed by atoms with Gasteiger partial charge in [-0.1, -0.05) is 17.7 Å². The lowest BCUT2D eigenvalue weighted by atomic mass is 10.3. The molecule has 0 spiro atoms. The molecule has 0 saturated heterocycles. The van der Waals surface area contributed by atoms with Crippen LogP contribution in [-0.4, -0.2) is 11.1 Å². The third-order valence-electron chi connectivity index (χ3n) is 2.27. The van der Waals surface area contributed by atoms with E-state index in [9.17, 15) is 9.18 Å². The van der Waals surface area contributed by atoms with Crippen LogP contribution in [0.15, 0.2) is 41.5 Å². The van der Waals surface area contributed by atoms with Crippen molar-refractivity contribution in [2.45, 2.75) is 6.61 Å². The van der Waals surface area contributed by atoms with Crippen LogP contribution >= 0.6 is 11.6 Å². The normalized spacial score (nSPS) is 9.79. The van der Waals surface area contributed by atoms with Gasteiger partial charge in [0.15, 0.2) is 5.82 Å². The highest BCUT2D eigenvalue weighted by molar-refractivity contribution is 6.32. The van der Waals surface area contributed by atoms with Crippen LogP contribution in [0.25, 0.3) is 0 Å². The number of pyridine rings is 1. The van der Waals surface area contributed by atoms with E-state index in [1.54, 1.807) is 18.3 Å². The van der Waals surface area contributed by atoms with Crippen molar-refractivity contribution in [1.29, 1.82) is 0 Å². The number of halogens is 2. The van der Waals surface area contributed by atoms with Gasteiger partial charge in [-0.25, -0.2) is 9.18 Å². The molecule has 4 nitrogen and oxygen atoms in total. The summed E-state index contributed by atoms with van der Waals surface area (Å²) < 4.78 is 18.8. The first kappa shape index (κ1) is 13.2. The molecule has 0 aliphatic carbocycles. The Labute approximate surface area is 113 Å². The Morgan fingerprint density at radius 3 is 2.95 bits per heavy atom. The van der Waals surface area contributed by atoms with Gasteiger partial charge >= 0.3 is 0 Å². The minimum Gasteiger partial charge on any atom is -0.486 e.